The van der Waals surface area contributed by atoms with Gasteiger partial charge in [0.1, 0.15) is 11.6 Å². The first-order valence-corrected chi connectivity index (χ1v) is 10.6. The maximum absolute atomic E-state index is 12.1. The zero-order valence-electron chi connectivity index (χ0n) is 17.7. The van der Waals surface area contributed by atoms with Gasteiger partial charge in [-0.25, -0.2) is 4.98 Å². The SMILES string of the molecule is Cc1cc(Nc2ccc(NC(=O)COc3ccccc3)cc2)nc(N2CCCCC2)n1. The van der Waals surface area contributed by atoms with Gasteiger partial charge in [-0.15, -0.1) is 0 Å². The fourth-order valence-corrected chi connectivity index (χ4v) is 3.50. The van der Waals surface area contributed by atoms with Crippen molar-refractivity contribution in [2.24, 2.45) is 0 Å². The van der Waals surface area contributed by atoms with E-state index in [9.17, 15) is 4.79 Å². The van der Waals surface area contributed by atoms with E-state index in [0.717, 1.165) is 36.2 Å². The van der Waals surface area contributed by atoms with Crippen LogP contribution in [0.15, 0.2) is 60.7 Å². The Hall–Kier alpha value is -3.61. The van der Waals surface area contributed by atoms with E-state index in [1.54, 1.807) is 0 Å². The largest absolute Gasteiger partial charge is 0.484 e. The van der Waals surface area contributed by atoms with Crippen molar-refractivity contribution in [1.29, 1.82) is 0 Å². The Morgan fingerprint density at radius 2 is 1.68 bits per heavy atom. The van der Waals surface area contributed by atoms with E-state index in [4.69, 9.17) is 9.72 Å². The number of amides is 1. The minimum atomic E-state index is -0.206. The predicted octanol–water partition coefficient (Wildman–Crippen LogP) is 4.54. The summed E-state index contributed by atoms with van der Waals surface area (Å²) in [5.74, 6) is 2.01. The molecule has 4 rings (SSSR count). The summed E-state index contributed by atoms with van der Waals surface area (Å²) in [5, 5.41) is 6.18. The van der Waals surface area contributed by atoms with Gasteiger partial charge in [-0.05, 0) is 62.6 Å². The van der Waals surface area contributed by atoms with E-state index >= 15 is 0 Å². The standard InChI is InChI=1S/C24H27N5O2/c1-18-16-22(28-24(25-18)29-14-6-3-7-15-29)26-19-10-12-20(13-11-19)27-23(30)17-31-21-8-4-2-5-9-21/h2,4-5,8-13,16H,3,6-7,14-15,17H2,1H3,(H,27,30)(H,25,26,28). The van der Waals surface area contributed by atoms with Crippen molar-refractivity contribution in [2.45, 2.75) is 26.2 Å². The molecule has 1 aromatic heterocycles. The van der Waals surface area contributed by atoms with Gasteiger partial charge >= 0.3 is 0 Å². The quantitative estimate of drug-likeness (QED) is 0.588. The fourth-order valence-electron chi connectivity index (χ4n) is 3.50. The van der Waals surface area contributed by atoms with E-state index in [0.29, 0.717) is 11.4 Å². The molecule has 160 valence electrons. The van der Waals surface area contributed by atoms with E-state index < -0.39 is 0 Å². The molecule has 0 unspecified atom stereocenters. The molecule has 0 radical (unpaired) electrons. The number of piperidine rings is 1. The summed E-state index contributed by atoms with van der Waals surface area (Å²) in [6, 6.07) is 18.7. The molecule has 1 saturated heterocycles. The normalized spacial score (nSPS) is 13.5. The number of benzene rings is 2. The molecular formula is C24H27N5O2. The van der Waals surface area contributed by atoms with Gasteiger partial charge in [0.2, 0.25) is 5.95 Å². The van der Waals surface area contributed by atoms with E-state index in [1.807, 2.05) is 67.6 Å². The van der Waals surface area contributed by atoms with Crippen molar-refractivity contribution in [3.63, 3.8) is 0 Å². The van der Waals surface area contributed by atoms with Crippen LogP contribution in [0.2, 0.25) is 0 Å². The van der Waals surface area contributed by atoms with Gasteiger partial charge in [0, 0.05) is 36.2 Å². The van der Waals surface area contributed by atoms with E-state index in [-0.39, 0.29) is 12.5 Å². The summed E-state index contributed by atoms with van der Waals surface area (Å²) in [6.07, 6.45) is 3.64. The molecule has 2 heterocycles. The van der Waals surface area contributed by atoms with Crippen LogP contribution < -0.4 is 20.3 Å². The summed E-state index contributed by atoms with van der Waals surface area (Å²) in [7, 11) is 0. The zero-order chi connectivity index (χ0) is 21.5. The molecule has 0 spiro atoms. The number of para-hydroxylation sites is 1. The topological polar surface area (TPSA) is 79.4 Å². The molecule has 0 atom stereocenters. The van der Waals surface area contributed by atoms with Crippen molar-refractivity contribution in [3.05, 3.63) is 66.4 Å². The zero-order valence-corrected chi connectivity index (χ0v) is 17.7. The highest BCUT2D eigenvalue weighted by Gasteiger charge is 2.14. The lowest BCUT2D eigenvalue weighted by molar-refractivity contribution is -0.118. The number of rotatable bonds is 7. The fraction of sp³-hybridized carbons (Fsp3) is 0.292. The Morgan fingerprint density at radius 1 is 0.968 bits per heavy atom. The molecule has 0 bridgehead atoms. The number of ether oxygens (including phenoxy) is 1. The third-order valence-electron chi connectivity index (χ3n) is 5.04. The number of carbonyl (C=O) groups excluding carboxylic acids is 1. The molecule has 7 heteroatoms. The lowest BCUT2D eigenvalue weighted by Gasteiger charge is -2.27. The Balaban J connectivity index is 1.34. The Morgan fingerprint density at radius 3 is 2.42 bits per heavy atom. The molecule has 2 aromatic carbocycles. The predicted molar refractivity (Wildman–Crippen MR) is 123 cm³/mol. The van der Waals surface area contributed by atoms with Gasteiger partial charge in [-0.1, -0.05) is 18.2 Å². The van der Waals surface area contributed by atoms with Crippen molar-refractivity contribution in [3.8, 4) is 5.75 Å². The van der Waals surface area contributed by atoms with Gasteiger partial charge in [0.25, 0.3) is 5.91 Å². The molecule has 1 amide bonds. The molecule has 31 heavy (non-hydrogen) atoms. The first-order chi connectivity index (χ1) is 15.2. The molecule has 1 fully saturated rings. The van der Waals surface area contributed by atoms with Crippen LogP contribution in [0.4, 0.5) is 23.1 Å². The third-order valence-corrected chi connectivity index (χ3v) is 5.04. The van der Waals surface area contributed by atoms with Crippen LogP contribution in [0.25, 0.3) is 0 Å². The Kier molecular flexibility index (Phi) is 6.62. The van der Waals surface area contributed by atoms with Crippen LogP contribution in [-0.4, -0.2) is 35.6 Å². The van der Waals surface area contributed by atoms with Crippen LogP contribution >= 0.6 is 0 Å². The van der Waals surface area contributed by atoms with Crippen molar-refractivity contribution in [2.75, 3.05) is 35.2 Å². The van der Waals surface area contributed by atoms with Gasteiger partial charge in [0.05, 0.1) is 0 Å². The summed E-state index contributed by atoms with van der Waals surface area (Å²) in [5.41, 5.74) is 2.53. The van der Waals surface area contributed by atoms with E-state index in [1.165, 1.54) is 19.3 Å². The van der Waals surface area contributed by atoms with Gasteiger partial charge < -0.3 is 20.3 Å². The second-order valence-corrected chi connectivity index (χ2v) is 7.59. The molecule has 3 aromatic rings. The van der Waals surface area contributed by atoms with Gasteiger partial charge in [0.15, 0.2) is 6.61 Å². The van der Waals surface area contributed by atoms with E-state index in [2.05, 4.69) is 20.5 Å². The molecule has 7 nitrogen and oxygen atoms in total. The van der Waals surface area contributed by atoms with Crippen LogP contribution in [-0.2, 0) is 4.79 Å². The summed E-state index contributed by atoms with van der Waals surface area (Å²) < 4.78 is 5.47. The molecule has 0 saturated carbocycles. The number of hydrogen-bond donors (Lipinski definition) is 2. The monoisotopic (exact) mass is 417 g/mol. The highest BCUT2D eigenvalue weighted by atomic mass is 16.5. The second-order valence-electron chi connectivity index (χ2n) is 7.59. The minimum Gasteiger partial charge on any atom is -0.484 e. The average molecular weight is 418 g/mol. The smallest absolute Gasteiger partial charge is 0.262 e. The van der Waals surface area contributed by atoms with Crippen LogP contribution in [0.3, 0.4) is 0 Å². The van der Waals surface area contributed by atoms with Crippen molar-refractivity contribution < 1.29 is 9.53 Å². The highest BCUT2D eigenvalue weighted by molar-refractivity contribution is 5.92. The van der Waals surface area contributed by atoms with Crippen molar-refractivity contribution >= 4 is 29.0 Å². The highest BCUT2D eigenvalue weighted by Crippen LogP contribution is 2.22. The number of anilines is 4. The van der Waals surface area contributed by atoms with Crippen molar-refractivity contribution in [1.82, 2.24) is 9.97 Å². The van der Waals surface area contributed by atoms with Gasteiger partial charge in [-0.3, -0.25) is 4.79 Å². The summed E-state index contributed by atoms with van der Waals surface area (Å²) >= 11 is 0. The second kappa shape index (κ2) is 9.93. The molecule has 0 aliphatic carbocycles. The Labute approximate surface area is 182 Å². The van der Waals surface area contributed by atoms with Crippen LogP contribution in [0.5, 0.6) is 5.75 Å². The Bertz CT molecular complexity index is 1000. The number of carbonyl (C=O) groups is 1. The third kappa shape index (κ3) is 5.94. The lowest BCUT2D eigenvalue weighted by atomic mass is 10.1. The summed E-state index contributed by atoms with van der Waals surface area (Å²) in [6.45, 7) is 3.95. The number of nitrogens with one attached hydrogen (secondary N) is 2. The maximum atomic E-state index is 12.1. The number of hydrogen-bond acceptors (Lipinski definition) is 6. The van der Waals surface area contributed by atoms with Crippen LogP contribution in [0, 0.1) is 6.92 Å². The molecule has 2 N–H and O–H groups in total. The summed E-state index contributed by atoms with van der Waals surface area (Å²) in [4.78, 5) is 23.7. The average Bonchev–Trinajstić information content (AvgIpc) is 2.80. The lowest BCUT2D eigenvalue weighted by Crippen LogP contribution is -2.31. The number of aromatic nitrogens is 2. The molecular weight excluding hydrogens is 390 g/mol. The first kappa shape index (κ1) is 20.7. The molecule has 1 aliphatic heterocycles. The minimum absolute atomic E-state index is 0.0382. The molecule has 1 aliphatic rings. The number of nitrogens with zero attached hydrogens (tertiary/aromatic N) is 3. The van der Waals surface area contributed by atoms with Gasteiger partial charge in [-0.2, -0.15) is 4.98 Å². The van der Waals surface area contributed by atoms with Crippen LogP contribution in [0.1, 0.15) is 25.0 Å². The maximum Gasteiger partial charge on any atom is 0.262 e. The first-order valence-electron chi connectivity index (χ1n) is 10.6. The number of aryl methyl sites for hydroxylation is 1.